The third kappa shape index (κ3) is 3.76. The average molecular weight is 450 g/mol. The Morgan fingerprint density at radius 2 is 1.76 bits per heavy atom. The molecule has 0 unspecified atom stereocenters. The number of hydrogen-bond acceptors (Lipinski definition) is 5. The number of nitrogens with one attached hydrogen (secondary N) is 1. The monoisotopic (exact) mass is 450 g/mol. The van der Waals surface area contributed by atoms with E-state index in [-0.39, 0.29) is 12.1 Å². The number of nitriles is 1. The van der Waals surface area contributed by atoms with Crippen LogP contribution in [0.25, 0.3) is 17.0 Å². The minimum absolute atomic E-state index is 0.0883. The standard InChI is InChI=1S/C26H18N4O4/c27-13-17-6-1-2-7-18(17)14-29-15-19(21-9-3-4-10-23(21)29)12-22-24(31)28-26(33)30(25(22)32)16-20-8-5-11-34-20/h1-12,15H,14,16H2,(H,28,31,33)/b22-12-. The maximum Gasteiger partial charge on any atom is 0.331 e. The summed E-state index contributed by atoms with van der Waals surface area (Å²) in [6.07, 6.45) is 4.77. The first-order chi connectivity index (χ1) is 16.5. The molecule has 5 rings (SSSR count). The van der Waals surface area contributed by atoms with Gasteiger partial charge in [0, 0.05) is 29.2 Å². The number of benzene rings is 2. The van der Waals surface area contributed by atoms with Gasteiger partial charge in [0.1, 0.15) is 11.3 Å². The van der Waals surface area contributed by atoms with Gasteiger partial charge in [0.05, 0.1) is 24.4 Å². The van der Waals surface area contributed by atoms with E-state index in [4.69, 9.17) is 4.42 Å². The van der Waals surface area contributed by atoms with Crippen molar-refractivity contribution >= 4 is 34.8 Å². The summed E-state index contributed by atoms with van der Waals surface area (Å²) in [5.74, 6) is -1.03. The fourth-order valence-electron chi connectivity index (χ4n) is 4.02. The minimum atomic E-state index is -0.793. The molecular formula is C26H18N4O4. The van der Waals surface area contributed by atoms with Gasteiger partial charge in [0.15, 0.2) is 0 Å². The number of hydrogen-bond donors (Lipinski definition) is 1. The first-order valence-corrected chi connectivity index (χ1v) is 10.5. The zero-order valence-corrected chi connectivity index (χ0v) is 17.9. The first kappa shape index (κ1) is 21.0. The topological polar surface area (TPSA) is 108 Å². The van der Waals surface area contributed by atoms with Gasteiger partial charge >= 0.3 is 6.03 Å². The maximum absolute atomic E-state index is 13.1. The molecule has 0 bridgehead atoms. The summed E-state index contributed by atoms with van der Waals surface area (Å²) < 4.78 is 7.21. The van der Waals surface area contributed by atoms with Crippen molar-refractivity contribution in [3.8, 4) is 6.07 Å². The van der Waals surface area contributed by atoms with Gasteiger partial charge in [-0.25, -0.2) is 4.79 Å². The predicted molar refractivity (Wildman–Crippen MR) is 123 cm³/mol. The largest absolute Gasteiger partial charge is 0.467 e. The van der Waals surface area contributed by atoms with Gasteiger partial charge in [-0.15, -0.1) is 0 Å². The second-order valence-corrected chi connectivity index (χ2v) is 7.79. The predicted octanol–water partition coefficient (Wildman–Crippen LogP) is 3.82. The summed E-state index contributed by atoms with van der Waals surface area (Å²) in [7, 11) is 0. The lowest BCUT2D eigenvalue weighted by atomic mass is 10.1. The van der Waals surface area contributed by atoms with E-state index in [9.17, 15) is 19.6 Å². The molecule has 1 saturated heterocycles. The first-order valence-electron chi connectivity index (χ1n) is 10.5. The second-order valence-electron chi connectivity index (χ2n) is 7.79. The number of barbiturate groups is 1. The molecule has 0 saturated carbocycles. The molecular weight excluding hydrogens is 432 g/mol. The Bertz CT molecular complexity index is 1510. The van der Waals surface area contributed by atoms with Crippen molar-refractivity contribution in [1.29, 1.82) is 5.26 Å². The van der Waals surface area contributed by atoms with Crippen LogP contribution in [0.1, 0.15) is 22.5 Å². The van der Waals surface area contributed by atoms with Crippen LogP contribution in [0.4, 0.5) is 4.79 Å². The van der Waals surface area contributed by atoms with Gasteiger partial charge in [-0.3, -0.25) is 19.8 Å². The van der Waals surface area contributed by atoms with E-state index in [0.29, 0.717) is 23.4 Å². The minimum Gasteiger partial charge on any atom is -0.467 e. The average Bonchev–Trinajstić information content (AvgIpc) is 3.48. The summed E-state index contributed by atoms with van der Waals surface area (Å²) in [4.78, 5) is 38.9. The quantitative estimate of drug-likeness (QED) is 0.367. The van der Waals surface area contributed by atoms with E-state index in [1.165, 1.54) is 12.3 Å². The molecule has 4 amide bonds. The molecule has 0 spiro atoms. The number of para-hydroxylation sites is 1. The maximum atomic E-state index is 13.1. The molecule has 3 heterocycles. The van der Waals surface area contributed by atoms with Crippen LogP contribution in [0, 0.1) is 11.3 Å². The van der Waals surface area contributed by atoms with E-state index < -0.39 is 17.8 Å². The number of urea groups is 1. The molecule has 2 aromatic heterocycles. The van der Waals surface area contributed by atoms with Crippen molar-refractivity contribution in [1.82, 2.24) is 14.8 Å². The van der Waals surface area contributed by atoms with Crippen molar-refractivity contribution in [2.75, 3.05) is 0 Å². The van der Waals surface area contributed by atoms with Crippen LogP contribution in [-0.4, -0.2) is 27.3 Å². The Morgan fingerprint density at radius 3 is 2.56 bits per heavy atom. The third-order valence-electron chi connectivity index (χ3n) is 5.68. The summed E-state index contributed by atoms with van der Waals surface area (Å²) in [6.45, 7) is 0.353. The highest BCUT2D eigenvalue weighted by molar-refractivity contribution is 6.31. The molecule has 1 aliphatic rings. The number of furan rings is 1. The highest BCUT2D eigenvalue weighted by Crippen LogP contribution is 2.26. The van der Waals surface area contributed by atoms with Crippen molar-refractivity contribution in [2.45, 2.75) is 13.1 Å². The molecule has 0 radical (unpaired) electrons. The van der Waals surface area contributed by atoms with E-state index in [2.05, 4.69) is 11.4 Å². The van der Waals surface area contributed by atoms with Gasteiger partial charge in [0.25, 0.3) is 11.8 Å². The zero-order valence-electron chi connectivity index (χ0n) is 17.9. The molecule has 1 N–H and O–H groups in total. The van der Waals surface area contributed by atoms with Gasteiger partial charge in [0.2, 0.25) is 0 Å². The van der Waals surface area contributed by atoms with Gasteiger partial charge in [-0.1, -0.05) is 36.4 Å². The van der Waals surface area contributed by atoms with E-state index in [0.717, 1.165) is 21.4 Å². The van der Waals surface area contributed by atoms with Crippen LogP contribution in [0.15, 0.2) is 83.1 Å². The number of carbonyl (C=O) groups excluding carboxylic acids is 3. The van der Waals surface area contributed by atoms with Crippen LogP contribution in [-0.2, 0) is 22.7 Å². The van der Waals surface area contributed by atoms with Gasteiger partial charge in [-0.05, 0) is 35.9 Å². The van der Waals surface area contributed by atoms with E-state index >= 15 is 0 Å². The Hall–Kier alpha value is -4.90. The SMILES string of the molecule is N#Cc1ccccc1Cn1cc(/C=C2/C(=O)NC(=O)N(Cc3ccco3)C2=O)c2ccccc21. The number of fused-ring (bicyclic) bond motifs is 1. The fraction of sp³-hybridized carbons (Fsp3) is 0.0769. The van der Waals surface area contributed by atoms with Gasteiger partial charge < -0.3 is 8.98 Å². The van der Waals surface area contributed by atoms with Crippen molar-refractivity contribution < 1.29 is 18.8 Å². The Morgan fingerprint density at radius 1 is 0.971 bits per heavy atom. The van der Waals surface area contributed by atoms with E-state index in [1.54, 1.807) is 18.2 Å². The van der Waals surface area contributed by atoms with Crippen molar-refractivity contribution in [2.24, 2.45) is 0 Å². The summed E-state index contributed by atoms with van der Waals surface area (Å²) in [6, 6.07) is 19.7. The number of rotatable bonds is 5. The number of imide groups is 2. The molecule has 0 atom stereocenters. The molecule has 34 heavy (non-hydrogen) atoms. The molecule has 4 aromatic rings. The lowest BCUT2D eigenvalue weighted by Crippen LogP contribution is -2.53. The molecule has 0 aliphatic carbocycles. The Labute approximate surface area is 194 Å². The number of carbonyl (C=O) groups is 3. The number of amides is 4. The second kappa shape index (κ2) is 8.56. The van der Waals surface area contributed by atoms with Crippen LogP contribution in [0.5, 0.6) is 0 Å². The summed E-state index contributed by atoms with van der Waals surface area (Å²) >= 11 is 0. The highest BCUT2D eigenvalue weighted by Gasteiger charge is 2.36. The highest BCUT2D eigenvalue weighted by atomic mass is 16.3. The lowest BCUT2D eigenvalue weighted by molar-refractivity contribution is -0.130. The summed E-state index contributed by atoms with van der Waals surface area (Å²) in [5.41, 5.74) is 2.82. The third-order valence-corrected chi connectivity index (χ3v) is 5.68. The molecule has 8 nitrogen and oxygen atoms in total. The van der Waals surface area contributed by atoms with Crippen LogP contribution < -0.4 is 5.32 Å². The smallest absolute Gasteiger partial charge is 0.331 e. The van der Waals surface area contributed by atoms with Crippen molar-refractivity contribution in [3.63, 3.8) is 0 Å². The van der Waals surface area contributed by atoms with Crippen LogP contribution >= 0.6 is 0 Å². The molecule has 1 fully saturated rings. The number of nitrogens with zero attached hydrogens (tertiary/aromatic N) is 3. The Kier molecular flexibility index (Phi) is 5.28. The summed E-state index contributed by atoms with van der Waals surface area (Å²) in [5, 5.41) is 12.5. The van der Waals surface area contributed by atoms with Crippen molar-refractivity contribution in [3.05, 3.63) is 101 Å². The Balaban J connectivity index is 1.54. The fourth-order valence-corrected chi connectivity index (χ4v) is 4.02. The van der Waals surface area contributed by atoms with Crippen LogP contribution in [0.2, 0.25) is 0 Å². The molecule has 8 heteroatoms. The van der Waals surface area contributed by atoms with E-state index in [1.807, 2.05) is 53.2 Å². The number of aromatic nitrogens is 1. The lowest BCUT2D eigenvalue weighted by Gasteiger charge is -2.25. The van der Waals surface area contributed by atoms with Crippen LogP contribution in [0.3, 0.4) is 0 Å². The molecule has 166 valence electrons. The van der Waals surface area contributed by atoms with Gasteiger partial charge in [-0.2, -0.15) is 5.26 Å². The zero-order chi connectivity index (χ0) is 23.7. The normalized spacial score (nSPS) is 15.1. The molecule has 1 aliphatic heterocycles. The molecule has 2 aromatic carbocycles.